The summed E-state index contributed by atoms with van der Waals surface area (Å²) in [6.07, 6.45) is 6.24. The van der Waals surface area contributed by atoms with Crippen molar-refractivity contribution in [1.82, 2.24) is 19.5 Å². The van der Waals surface area contributed by atoms with Crippen LogP contribution in [0.3, 0.4) is 0 Å². The summed E-state index contributed by atoms with van der Waals surface area (Å²) >= 11 is 5.97. The molecule has 0 saturated carbocycles. The van der Waals surface area contributed by atoms with Gasteiger partial charge in [-0.05, 0) is 18.9 Å². The molecule has 2 aromatic rings. The molecule has 0 radical (unpaired) electrons. The van der Waals surface area contributed by atoms with E-state index in [1.807, 2.05) is 13.1 Å². The monoisotopic (exact) mass is 322 g/mol. The minimum atomic E-state index is 0.193. The van der Waals surface area contributed by atoms with E-state index < -0.39 is 0 Å². The number of morpholine rings is 1. The third-order valence-electron chi connectivity index (χ3n) is 3.61. The first-order valence-corrected chi connectivity index (χ1v) is 7.65. The largest absolute Gasteiger partial charge is 0.375 e. The Morgan fingerprint density at radius 2 is 2.41 bits per heavy atom. The maximum absolute atomic E-state index is 6.04. The Kier molecular flexibility index (Phi) is 4.44. The Bertz CT molecular complexity index is 685. The van der Waals surface area contributed by atoms with E-state index in [1.165, 1.54) is 0 Å². The quantitative estimate of drug-likeness (QED) is 0.672. The van der Waals surface area contributed by atoms with Gasteiger partial charge in [0.1, 0.15) is 5.02 Å². The van der Waals surface area contributed by atoms with Crippen molar-refractivity contribution in [2.45, 2.75) is 19.4 Å². The zero-order valence-corrected chi connectivity index (χ0v) is 13.2. The lowest BCUT2D eigenvalue weighted by Gasteiger charge is -2.31. The van der Waals surface area contributed by atoms with E-state index in [-0.39, 0.29) is 6.10 Å². The van der Waals surface area contributed by atoms with Crippen molar-refractivity contribution in [2.75, 3.05) is 26.2 Å². The molecule has 8 heteroatoms. The Labute approximate surface area is 133 Å². The minimum absolute atomic E-state index is 0.193. The number of aromatic nitrogens is 3. The summed E-state index contributed by atoms with van der Waals surface area (Å²) in [6.45, 7) is 4.92. The summed E-state index contributed by atoms with van der Waals surface area (Å²) in [6, 6.07) is 0. The summed E-state index contributed by atoms with van der Waals surface area (Å²) in [7, 11) is 0. The first-order chi connectivity index (χ1) is 10.6. The fourth-order valence-electron chi connectivity index (χ4n) is 2.44. The molecule has 0 bridgehead atoms. The lowest BCUT2D eigenvalue weighted by Crippen LogP contribution is -2.47. The van der Waals surface area contributed by atoms with Gasteiger partial charge in [0.15, 0.2) is 11.6 Å². The SMILES string of the molecule is CC1CN(C(N)=NCCc2cnc3c(Cl)cnn3c2)CCO1. The number of nitrogens with two attached hydrogens (primary N) is 1. The van der Waals surface area contributed by atoms with E-state index in [4.69, 9.17) is 22.1 Å². The van der Waals surface area contributed by atoms with Crippen molar-refractivity contribution in [2.24, 2.45) is 10.7 Å². The summed E-state index contributed by atoms with van der Waals surface area (Å²) in [5.74, 6) is 0.575. The number of hydrogen-bond acceptors (Lipinski definition) is 4. The molecule has 3 rings (SSSR count). The normalized spacial score (nSPS) is 19.8. The van der Waals surface area contributed by atoms with Gasteiger partial charge in [-0.2, -0.15) is 5.10 Å². The van der Waals surface area contributed by atoms with Crippen LogP contribution in [-0.4, -0.2) is 57.8 Å². The van der Waals surface area contributed by atoms with Crippen molar-refractivity contribution in [3.63, 3.8) is 0 Å². The van der Waals surface area contributed by atoms with Crippen LogP contribution < -0.4 is 5.73 Å². The van der Waals surface area contributed by atoms with Gasteiger partial charge >= 0.3 is 0 Å². The van der Waals surface area contributed by atoms with Crippen LogP contribution in [-0.2, 0) is 11.2 Å². The molecule has 1 atom stereocenters. The molecule has 1 fully saturated rings. The molecule has 0 aromatic carbocycles. The van der Waals surface area contributed by atoms with E-state index in [9.17, 15) is 0 Å². The molecule has 3 heterocycles. The van der Waals surface area contributed by atoms with Gasteiger partial charge in [0.2, 0.25) is 0 Å². The molecule has 0 aliphatic carbocycles. The molecule has 118 valence electrons. The number of rotatable bonds is 3. The van der Waals surface area contributed by atoms with E-state index in [0.717, 1.165) is 25.1 Å². The summed E-state index contributed by atoms with van der Waals surface area (Å²) < 4.78 is 7.17. The molecule has 7 nitrogen and oxygen atoms in total. The molecule has 2 N–H and O–H groups in total. The summed E-state index contributed by atoms with van der Waals surface area (Å²) in [5.41, 5.74) is 7.74. The predicted octanol–water partition coefficient (Wildman–Crippen LogP) is 0.961. The highest BCUT2D eigenvalue weighted by atomic mass is 35.5. The second-order valence-corrected chi connectivity index (χ2v) is 5.75. The van der Waals surface area contributed by atoms with E-state index in [2.05, 4.69) is 20.0 Å². The third kappa shape index (κ3) is 3.31. The van der Waals surface area contributed by atoms with Gasteiger partial charge in [-0.3, -0.25) is 4.99 Å². The van der Waals surface area contributed by atoms with Crippen LogP contribution in [0.2, 0.25) is 5.02 Å². The Hall–Kier alpha value is -1.86. The van der Waals surface area contributed by atoms with Crippen molar-refractivity contribution in [1.29, 1.82) is 0 Å². The standard InChI is InChI=1S/C14H19ClN6O/c1-10-8-20(4-5-22-10)14(16)17-3-2-11-6-18-13-12(15)7-19-21(13)9-11/h6-7,9-10H,2-5,8H2,1H3,(H2,16,17). The van der Waals surface area contributed by atoms with Crippen molar-refractivity contribution in [3.8, 4) is 0 Å². The lowest BCUT2D eigenvalue weighted by atomic mass is 10.2. The fourth-order valence-corrected chi connectivity index (χ4v) is 2.62. The highest BCUT2D eigenvalue weighted by Gasteiger charge is 2.17. The van der Waals surface area contributed by atoms with Crippen LogP contribution in [0.1, 0.15) is 12.5 Å². The maximum Gasteiger partial charge on any atom is 0.191 e. The molecule has 22 heavy (non-hydrogen) atoms. The first kappa shape index (κ1) is 15.1. The number of guanidine groups is 1. The molecule has 0 amide bonds. The zero-order valence-electron chi connectivity index (χ0n) is 12.4. The number of hydrogen-bond donors (Lipinski definition) is 1. The van der Waals surface area contributed by atoms with Gasteiger partial charge in [0.05, 0.1) is 18.9 Å². The number of aliphatic imine (C=N–C) groups is 1. The van der Waals surface area contributed by atoms with Crippen LogP contribution in [0, 0.1) is 0 Å². The number of fused-ring (bicyclic) bond motifs is 1. The maximum atomic E-state index is 6.04. The molecule has 1 saturated heterocycles. The predicted molar refractivity (Wildman–Crippen MR) is 85.2 cm³/mol. The Morgan fingerprint density at radius 3 is 3.23 bits per heavy atom. The Morgan fingerprint density at radius 1 is 1.55 bits per heavy atom. The Balaban J connectivity index is 1.59. The van der Waals surface area contributed by atoms with Crippen LogP contribution >= 0.6 is 11.6 Å². The summed E-state index contributed by atoms with van der Waals surface area (Å²) in [4.78, 5) is 10.8. The zero-order chi connectivity index (χ0) is 15.5. The van der Waals surface area contributed by atoms with Crippen LogP contribution in [0.15, 0.2) is 23.6 Å². The molecule has 0 spiro atoms. The van der Waals surface area contributed by atoms with Crippen molar-refractivity contribution < 1.29 is 4.74 Å². The van der Waals surface area contributed by atoms with Gasteiger partial charge in [0.25, 0.3) is 0 Å². The second kappa shape index (κ2) is 6.50. The van der Waals surface area contributed by atoms with Gasteiger partial charge < -0.3 is 15.4 Å². The second-order valence-electron chi connectivity index (χ2n) is 5.34. The smallest absolute Gasteiger partial charge is 0.191 e. The lowest BCUT2D eigenvalue weighted by molar-refractivity contribution is 0.00530. The topological polar surface area (TPSA) is 81.0 Å². The van der Waals surface area contributed by atoms with Gasteiger partial charge in [0, 0.05) is 32.0 Å². The summed E-state index contributed by atoms with van der Waals surface area (Å²) in [5, 5.41) is 4.69. The number of nitrogens with zero attached hydrogens (tertiary/aromatic N) is 5. The van der Waals surface area contributed by atoms with Gasteiger partial charge in [-0.25, -0.2) is 9.50 Å². The van der Waals surface area contributed by atoms with E-state index in [1.54, 1.807) is 16.9 Å². The van der Waals surface area contributed by atoms with E-state index in [0.29, 0.717) is 29.8 Å². The number of ether oxygens (including phenoxy) is 1. The first-order valence-electron chi connectivity index (χ1n) is 7.27. The van der Waals surface area contributed by atoms with Gasteiger partial charge in [-0.15, -0.1) is 0 Å². The molecular weight excluding hydrogens is 304 g/mol. The molecule has 2 aromatic heterocycles. The van der Waals surface area contributed by atoms with Gasteiger partial charge in [-0.1, -0.05) is 11.6 Å². The van der Waals surface area contributed by atoms with Crippen LogP contribution in [0.25, 0.3) is 5.65 Å². The highest BCUT2D eigenvalue weighted by Crippen LogP contribution is 2.14. The average molecular weight is 323 g/mol. The van der Waals surface area contributed by atoms with Crippen molar-refractivity contribution in [3.05, 3.63) is 29.2 Å². The number of halogens is 1. The van der Waals surface area contributed by atoms with Crippen LogP contribution in [0.4, 0.5) is 0 Å². The molecular formula is C14H19ClN6O. The molecule has 1 aliphatic rings. The molecule has 1 aliphatic heterocycles. The third-order valence-corrected chi connectivity index (χ3v) is 3.87. The van der Waals surface area contributed by atoms with Crippen LogP contribution in [0.5, 0.6) is 0 Å². The van der Waals surface area contributed by atoms with Crippen molar-refractivity contribution >= 4 is 23.2 Å². The molecule has 1 unspecified atom stereocenters. The minimum Gasteiger partial charge on any atom is -0.375 e. The average Bonchev–Trinajstić information content (AvgIpc) is 2.88. The highest BCUT2D eigenvalue weighted by molar-refractivity contribution is 6.33. The fraction of sp³-hybridized carbons (Fsp3) is 0.500. The van der Waals surface area contributed by atoms with E-state index >= 15 is 0 Å².